The van der Waals surface area contributed by atoms with Gasteiger partial charge in [-0.25, -0.2) is 17.6 Å². The van der Waals surface area contributed by atoms with E-state index in [4.69, 9.17) is 5.11 Å². The van der Waals surface area contributed by atoms with Gasteiger partial charge in [0.2, 0.25) is 0 Å². The molecule has 0 aliphatic rings. The number of carbonyl (C=O) groups excluding carboxylic acids is 1. The van der Waals surface area contributed by atoms with Crippen LogP contribution in [0.4, 0.5) is 14.9 Å². The lowest BCUT2D eigenvalue weighted by Crippen LogP contribution is -2.28. The number of amides is 2. The largest absolute Gasteiger partial charge is 0.395 e. The van der Waals surface area contributed by atoms with Crippen LogP contribution >= 0.6 is 0 Å². The predicted octanol–water partition coefficient (Wildman–Crippen LogP) is 3.04. The third-order valence-corrected chi connectivity index (χ3v) is 5.69. The van der Waals surface area contributed by atoms with Gasteiger partial charge in [-0.3, -0.25) is 0 Å². The molecule has 0 atom stereocenters. The molecule has 0 saturated carbocycles. The average molecular weight is 394 g/mol. The van der Waals surface area contributed by atoms with E-state index in [9.17, 15) is 17.6 Å². The smallest absolute Gasteiger partial charge is 0.319 e. The molecule has 0 aliphatic carbocycles. The number of benzene rings is 2. The summed E-state index contributed by atoms with van der Waals surface area (Å²) in [5, 5.41) is 14.0. The minimum absolute atomic E-state index is 0.0528. The normalized spacial score (nSPS) is 11.4. The van der Waals surface area contributed by atoms with Crippen molar-refractivity contribution in [2.75, 3.05) is 17.7 Å². The van der Waals surface area contributed by atoms with Crippen molar-refractivity contribution in [1.82, 2.24) is 5.32 Å². The standard InChI is InChI=1S/C19H23FN2O4S/c1-13(2)17-8-5-15(11-18(17)20)22-19(24)21-12-14-3-6-16(7-4-14)27(25,26)10-9-23/h3-8,11,13,23H,9-10,12H2,1-2H3,(H2,21,22,24). The second-order valence-electron chi connectivity index (χ2n) is 6.39. The molecular weight excluding hydrogens is 371 g/mol. The summed E-state index contributed by atoms with van der Waals surface area (Å²) >= 11 is 0. The van der Waals surface area contributed by atoms with Crippen molar-refractivity contribution < 1.29 is 22.7 Å². The van der Waals surface area contributed by atoms with Gasteiger partial charge >= 0.3 is 6.03 Å². The van der Waals surface area contributed by atoms with Crippen molar-refractivity contribution in [2.24, 2.45) is 0 Å². The second-order valence-corrected chi connectivity index (χ2v) is 8.49. The Balaban J connectivity index is 1.93. The molecule has 0 aromatic heterocycles. The summed E-state index contributed by atoms with van der Waals surface area (Å²) in [7, 11) is -3.50. The lowest BCUT2D eigenvalue weighted by Gasteiger charge is -2.11. The number of anilines is 1. The summed E-state index contributed by atoms with van der Waals surface area (Å²) in [5.41, 5.74) is 1.63. The van der Waals surface area contributed by atoms with Gasteiger partial charge in [0.05, 0.1) is 17.3 Å². The Morgan fingerprint density at radius 3 is 2.37 bits per heavy atom. The number of hydrogen-bond acceptors (Lipinski definition) is 4. The van der Waals surface area contributed by atoms with E-state index in [1.54, 1.807) is 24.3 Å². The maximum Gasteiger partial charge on any atom is 0.319 e. The van der Waals surface area contributed by atoms with E-state index in [1.165, 1.54) is 18.2 Å². The molecule has 3 N–H and O–H groups in total. The molecule has 0 saturated heterocycles. The highest BCUT2D eigenvalue weighted by atomic mass is 32.2. The number of sulfone groups is 1. The molecule has 2 aromatic carbocycles. The monoisotopic (exact) mass is 394 g/mol. The minimum Gasteiger partial charge on any atom is -0.395 e. The van der Waals surface area contributed by atoms with Crippen LogP contribution < -0.4 is 10.6 Å². The van der Waals surface area contributed by atoms with Crippen molar-refractivity contribution >= 4 is 21.6 Å². The average Bonchev–Trinajstić information content (AvgIpc) is 2.60. The number of rotatable bonds is 7. The van der Waals surface area contributed by atoms with Crippen LogP contribution in [0.2, 0.25) is 0 Å². The molecule has 0 fully saturated rings. The van der Waals surface area contributed by atoms with Gasteiger partial charge in [0, 0.05) is 12.2 Å². The lowest BCUT2D eigenvalue weighted by atomic mass is 10.0. The summed E-state index contributed by atoms with van der Waals surface area (Å²) in [6.07, 6.45) is 0. The van der Waals surface area contributed by atoms with Crippen LogP contribution in [0.15, 0.2) is 47.4 Å². The van der Waals surface area contributed by atoms with Crippen molar-refractivity contribution in [2.45, 2.75) is 31.2 Å². The zero-order chi connectivity index (χ0) is 20.0. The Labute approximate surface area is 158 Å². The maximum absolute atomic E-state index is 14.0. The summed E-state index contributed by atoms with van der Waals surface area (Å²) < 4.78 is 37.6. The van der Waals surface area contributed by atoms with Gasteiger partial charge in [0.1, 0.15) is 5.82 Å². The molecule has 2 rings (SSSR count). The fourth-order valence-corrected chi connectivity index (χ4v) is 3.51. The molecule has 0 bridgehead atoms. The summed E-state index contributed by atoms with van der Waals surface area (Å²) in [4.78, 5) is 12.1. The molecule has 0 unspecified atom stereocenters. The topological polar surface area (TPSA) is 95.5 Å². The third-order valence-electron chi connectivity index (χ3n) is 3.98. The van der Waals surface area contributed by atoms with Gasteiger partial charge in [0.25, 0.3) is 0 Å². The minimum atomic E-state index is -3.50. The van der Waals surface area contributed by atoms with E-state index >= 15 is 0 Å². The molecule has 8 heteroatoms. The Bertz CT molecular complexity index is 896. The highest BCUT2D eigenvalue weighted by molar-refractivity contribution is 7.91. The third kappa shape index (κ3) is 5.77. The van der Waals surface area contributed by atoms with Crippen LogP contribution in [0.25, 0.3) is 0 Å². The SMILES string of the molecule is CC(C)c1ccc(NC(=O)NCc2ccc(S(=O)(=O)CCO)cc2)cc1F. The fraction of sp³-hybridized carbons (Fsp3) is 0.316. The first-order valence-corrected chi connectivity index (χ1v) is 10.1. The van der Waals surface area contributed by atoms with E-state index in [0.717, 1.165) is 0 Å². The quantitative estimate of drug-likeness (QED) is 0.673. The van der Waals surface area contributed by atoms with E-state index < -0.39 is 22.5 Å². The molecule has 0 radical (unpaired) electrons. The number of aliphatic hydroxyl groups excluding tert-OH is 1. The summed E-state index contributed by atoms with van der Waals surface area (Å²) in [6.45, 7) is 3.51. The molecule has 0 spiro atoms. The van der Waals surface area contributed by atoms with Gasteiger partial charge in [-0.15, -0.1) is 0 Å². The Hall–Kier alpha value is -2.45. The first-order chi connectivity index (χ1) is 12.7. The van der Waals surface area contributed by atoms with E-state index in [0.29, 0.717) is 16.8 Å². The Kier molecular flexibility index (Phi) is 6.92. The summed E-state index contributed by atoms with van der Waals surface area (Å²) in [6, 6.07) is 10.1. The molecule has 2 aromatic rings. The Morgan fingerprint density at radius 1 is 1.15 bits per heavy atom. The molecule has 27 heavy (non-hydrogen) atoms. The number of halogens is 1. The van der Waals surface area contributed by atoms with Crippen LogP contribution in [-0.2, 0) is 16.4 Å². The number of urea groups is 1. The first kappa shape index (κ1) is 20.9. The van der Waals surface area contributed by atoms with Crippen molar-refractivity contribution in [3.05, 3.63) is 59.4 Å². The molecule has 146 valence electrons. The van der Waals surface area contributed by atoms with Crippen LogP contribution in [0.5, 0.6) is 0 Å². The zero-order valence-corrected chi connectivity index (χ0v) is 16.0. The van der Waals surface area contributed by atoms with Gasteiger partial charge in [-0.2, -0.15) is 0 Å². The van der Waals surface area contributed by atoms with E-state index in [1.807, 2.05) is 13.8 Å². The van der Waals surface area contributed by atoms with Crippen molar-refractivity contribution in [3.8, 4) is 0 Å². The number of aliphatic hydroxyl groups is 1. The molecule has 2 amide bonds. The van der Waals surface area contributed by atoms with Gasteiger partial charge in [-0.1, -0.05) is 32.0 Å². The van der Waals surface area contributed by atoms with E-state index in [-0.39, 0.29) is 28.9 Å². The number of nitrogens with one attached hydrogen (secondary N) is 2. The van der Waals surface area contributed by atoms with Crippen LogP contribution in [0.1, 0.15) is 30.9 Å². The molecule has 6 nitrogen and oxygen atoms in total. The Morgan fingerprint density at radius 2 is 1.81 bits per heavy atom. The number of carbonyl (C=O) groups is 1. The van der Waals surface area contributed by atoms with E-state index in [2.05, 4.69) is 10.6 Å². The first-order valence-electron chi connectivity index (χ1n) is 8.50. The van der Waals surface area contributed by atoms with Crippen molar-refractivity contribution in [1.29, 1.82) is 0 Å². The van der Waals surface area contributed by atoms with Gasteiger partial charge in [0.15, 0.2) is 9.84 Å². The second kappa shape index (κ2) is 8.96. The van der Waals surface area contributed by atoms with Crippen LogP contribution in [-0.4, -0.2) is 31.9 Å². The zero-order valence-electron chi connectivity index (χ0n) is 15.2. The molecule has 0 aliphatic heterocycles. The van der Waals surface area contributed by atoms with Crippen LogP contribution in [0, 0.1) is 5.82 Å². The summed E-state index contributed by atoms with van der Waals surface area (Å²) in [5.74, 6) is -0.654. The predicted molar refractivity (Wildman–Crippen MR) is 102 cm³/mol. The molecular formula is C19H23FN2O4S. The fourth-order valence-electron chi connectivity index (χ4n) is 2.48. The van der Waals surface area contributed by atoms with Crippen molar-refractivity contribution in [3.63, 3.8) is 0 Å². The van der Waals surface area contributed by atoms with Gasteiger partial charge in [-0.05, 0) is 41.3 Å². The number of hydrogen-bond donors (Lipinski definition) is 3. The lowest BCUT2D eigenvalue weighted by molar-refractivity contribution is 0.251. The molecule has 0 heterocycles. The highest BCUT2D eigenvalue weighted by Gasteiger charge is 2.13. The van der Waals surface area contributed by atoms with Gasteiger partial charge < -0.3 is 15.7 Å². The highest BCUT2D eigenvalue weighted by Crippen LogP contribution is 2.21. The maximum atomic E-state index is 14.0. The van der Waals surface area contributed by atoms with Crippen LogP contribution in [0.3, 0.4) is 0 Å².